The van der Waals surface area contributed by atoms with Gasteiger partial charge in [0.15, 0.2) is 0 Å². The Bertz CT molecular complexity index is 317. The molecule has 0 amide bonds. The Morgan fingerprint density at radius 2 is 2.00 bits per heavy atom. The van der Waals surface area contributed by atoms with Crippen LogP contribution in [0, 0.1) is 5.82 Å². The number of halogens is 3. The number of alkyl halides is 2. The van der Waals surface area contributed by atoms with Crippen molar-refractivity contribution in [2.45, 2.75) is 12.5 Å². The maximum absolute atomic E-state index is 13.0. The lowest BCUT2D eigenvalue weighted by atomic mass is 10.1. The molecule has 0 bridgehead atoms. The minimum absolute atomic E-state index is 0.300. The van der Waals surface area contributed by atoms with Crippen molar-refractivity contribution < 1.29 is 18.3 Å². The summed E-state index contributed by atoms with van der Waals surface area (Å²) in [7, 11) is 0. The number of aliphatic hydroxyl groups excluding tert-OH is 1. The van der Waals surface area contributed by atoms with Crippen molar-refractivity contribution in [1.82, 2.24) is 0 Å². The third kappa shape index (κ3) is 2.24. The van der Waals surface area contributed by atoms with E-state index in [1.54, 1.807) is 0 Å². The summed E-state index contributed by atoms with van der Waals surface area (Å²) >= 11 is 0. The first kappa shape index (κ1) is 11.0. The summed E-state index contributed by atoms with van der Waals surface area (Å²) in [5.41, 5.74) is 5.03. The molecule has 1 atom stereocenters. The van der Waals surface area contributed by atoms with Crippen LogP contribution in [0.5, 0.6) is 0 Å². The fourth-order valence-corrected chi connectivity index (χ4v) is 1.06. The van der Waals surface area contributed by atoms with Crippen LogP contribution < -0.4 is 5.73 Å². The van der Waals surface area contributed by atoms with Crippen molar-refractivity contribution in [1.29, 1.82) is 0 Å². The first-order valence-corrected chi connectivity index (χ1v) is 4.00. The van der Waals surface area contributed by atoms with Crippen molar-refractivity contribution in [2.75, 3.05) is 6.61 Å². The summed E-state index contributed by atoms with van der Waals surface area (Å²) in [5.74, 6) is -0.999. The largest absolute Gasteiger partial charge is 0.394 e. The second-order valence-corrected chi connectivity index (χ2v) is 2.87. The van der Waals surface area contributed by atoms with E-state index in [2.05, 4.69) is 0 Å². The minimum atomic E-state index is -2.84. The first-order valence-electron chi connectivity index (χ1n) is 4.00. The Morgan fingerprint density at radius 1 is 1.36 bits per heavy atom. The van der Waals surface area contributed by atoms with E-state index in [-0.39, 0.29) is 6.61 Å². The van der Waals surface area contributed by atoms with Crippen LogP contribution in [0.15, 0.2) is 18.2 Å². The molecule has 2 nitrogen and oxygen atoms in total. The number of benzene rings is 1. The number of hydrogen-bond donors (Lipinski definition) is 2. The summed E-state index contributed by atoms with van der Waals surface area (Å²) in [6.45, 7) is -0.354. The van der Waals surface area contributed by atoms with E-state index in [0.717, 1.165) is 12.1 Å². The number of aliphatic hydroxyl groups is 1. The first-order chi connectivity index (χ1) is 6.56. The molecule has 0 radical (unpaired) electrons. The molecule has 1 rings (SSSR count). The summed E-state index contributed by atoms with van der Waals surface area (Å²) in [4.78, 5) is 0. The van der Waals surface area contributed by atoms with Gasteiger partial charge in [-0.2, -0.15) is 0 Å². The summed E-state index contributed by atoms with van der Waals surface area (Å²) in [6.07, 6.45) is -2.84. The van der Waals surface area contributed by atoms with Gasteiger partial charge in [-0.25, -0.2) is 13.2 Å². The van der Waals surface area contributed by atoms with Crippen molar-refractivity contribution in [3.63, 3.8) is 0 Å². The highest BCUT2D eigenvalue weighted by Crippen LogP contribution is 2.24. The fourth-order valence-electron chi connectivity index (χ4n) is 1.06. The van der Waals surface area contributed by atoms with Crippen LogP contribution in [0.3, 0.4) is 0 Å². The molecule has 14 heavy (non-hydrogen) atoms. The quantitative estimate of drug-likeness (QED) is 0.789. The lowest BCUT2D eigenvalue weighted by Crippen LogP contribution is -2.14. The van der Waals surface area contributed by atoms with Gasteiger partial charge in [0, 0.05) is 0 Å². The zero-order valence-corrected chi connectivity index (χ0v) is 7.25. The smallest absolute Gasteiger partial charge is 0.266 e. The minimum Gasteiger partial charge on any atom is -0.394 e. The van der Waals surface area contributed by atoms with Gasteiger partial charge in [-0.3, -0.25) is 0 Å². The Balaban J connectivity index is 3.00. The molecule has 0 aliphatic carbocycles. The maximum atomic E-state index is 13.0. The van der Waals surface area contributed by atoms with Gasteiger partial charge >= 0.3 is 0 Å². The lowest BCUT2D eigenvalue weighted by molar-refractivity contribution is 0.146. The van der Waals surface area contributed by atoms with Gasteiger partial charge in [0.05, 0.1) is 18.2 Å². The van der Waals surface area contributed by atoms with Gasteiger partial charge < -0.3 is 10.8 Å². The van der Waals surface area contributed by atoms with Gasteiger partial charge in [-0.1, -0.05) is 12.1 Å². The second-order valence-electron chi connectivity index (χ2n) is 2.87. The molecule has 0 heterocycles. The molecule has 0 aliphatic heterocycles. The van der Waals surface area contributed by atoms with Crippen LogP contribution in [0.4, 0.5) is 13.2 Å². The molecule has 0 aliphatic rings. The zero-order chi connectivity index (χ0) is 10.7. The molecule has 0 aromatic heterocycles. The third-order valence-electron chi connectivity index (χ3n) is 1.88. The molecule has 3 N–H and O–H groups in total. The topological polar surface area (TPSA) is 46.2 Å². The summed E-state index contributed by atoms with van der Waals surface area (Å²) < 4.78 is 37.2. The van der Waals surface area contributed by atoms with Gasteiger partial charge in [0.25, 0.3) is 6.43 Å². The van der Waals surface area contributed by atoms with Crippen molar-refractivity contribution in [3.8, 4) is 0 Å². The molecule has 0 saturated carbocycles. The van der Waals surface area contributed by atoms with Crippen molar-refractivity contribution in [3.05, 3.63) is 35.1 Å². The molecule has 0 unspecified atom stereocenters. The maximum Gasteiger partial charge on any atom is 0.266 e. The molecule has 1 aromatic rings. The van der Waals surface area contributed by atoms with Gasteiger partial charge in [-0.05, 0) is 11.6 Å². The molecule has 5 heteroatoms. The molecule has 78 valence electrons. The van der Waals surface area contributed by atoms with Crippen LogP contribution in [-0.4, -0.2) is 11.7 Å². The van der Waals surface area contributed by atoms with E-state index in [9.17, 15) is 13.2 Å². The van der Waals surface area contributed by atoms with Crippen LogP contribution >= 0.6 is 0 Å². The van der Waals surface area contributed by atoms with E-state index in [0.29, 0.717) is 5.56 Å². The normalized spacial score (nSPS) is 13.3. The molecule has 0 spiro atoms. The van der Waals surface area contributed by atoms with E-state index < -0.39 is 23.8 Å². The van der Waals surface area contributed by atoms with E-state index in [4.69, 9.17) is 10.8 Å². The predicted octanol–water partition coefficient (Wildman–Crippen LogP) is 1.76. The van der Waals surface area contributed by atoms with Gasteiger partial charge in [0.1, 0.15) is 5.82 Å². The monoisotopic (exact) mass is 205 g/mol. The predicted molar refractivity (Wildman–Crippen MR) is 45.4 cm³/mol. The molecule has 0 fully saturated rings. The van der Waals surface area contributed by atoms with Crippen molar-refractivity contribution in [2.24, 2.45) is 5.73 Å². The second kappa shape index (κ2) is 4.43. The van der Waals surface area contributed by atoms with Gasteiger partial charge in [-0.15, -0.1) is 0 Å². The fraction of sp³-hybridized carbons (Fsp3) is 0.333. The Hall–Kier alpha value is -1.07. The standard InChI is InChI=1S/C9H10F3NO/c10-7-3-5(8(13)4-14)1-2-6(7)9(11)12/h1-3,8-9,14H,4,13H2/t8-/m1/s1. The highest BCUT2D eigenvalue weighted by molar-refractivity contribution is 5.27. The highest BCUT2D eigenvalue weighted by atomic mass is 19.3. The molecular weight excluding hydrogens is 195 g/mol. The Kier molecular flexibility index (Phi) is 3.49. The average molecular weight is 205 g/mol. The molecule has 1 aromatic carbocycles. The lowest BCUT2D eigenvalue weighted by Gasteiger charge is -2.10. The van der Waals surface area contributed by atoms with E-state index >= 15 is 0 Å². The third-order valence-corrected chi connectivity index (χ3v) is 1.88. The van der Waals surface area contributed by atoms with Crippen molar-refractivity contribution >= 4 is 0 Å². The number of hydrogen-bond acceptors (Lipinski definition) is 2. The van der Waals surface area contributed by atoms with E-state index in [1.165, 1.54) is 6.07 Å². The highest BCUT2D eigenvalue weighted by Gasteiger charge is 2.14. The Morgan fingerprint density at radius 3 is 2.43 bits per heavy atom. The van der Waals surface area contributed by atoms with Gasteiger partial charge in [0.2, 0.25) is 0 Å². The SMILES string of the molecule is N[C@H](CO)c1ccc(C(F)F)c(F)c1. The Labute approximate surface area is 79.2 Å². The average Bonchev–Trinajstić information content (AvgIpc) is 2.15. The van der Waals surface area contributed by atoms with Crippen LogP contribution in [0.1, 0.15) is 23.6 Å². The van der Waals surface area contributed by atoms with Crippen LogP contribution in [0.2, 0.25) is 0 Å². The number of nitrogens with two attached hydrogens (primary N) is 1. The zero-order valence-electron chi connectivity index (χ0n) is 7.25. The van der Waals surface area contributed by atoms with E-state index in [1.807, 2.05) is 0 Å². The molecule has 0 saturated heterocycles. The van der Waals surface area contributed by atoms with Crippen LogP contribution in [0.25, 0.3) is 0 Å². The number of rotatable bonds is 3. The summed E-state index contributed by atoms with van der Waals surface area (Å²) in [6, 6.07) is 2.44. The summed E-state index contributed by atoms with van der Waals surface area (Å²) in [5, 5.41) is 8.66. The molecular formula is C9H10F3NO. The van der Waals surface area contributed by atoms with Crippen LogP contribution in [-0.2, 0) is 0 Å².